The Bertz CT molecular complexity index is 515. The van der Waals surface area contributed by atoms with Gasteiger partial charge in [-0.15, -0.1) is 22.9 Å². The minimum Gasteiger partial charge on any atom is -0.293 e. The quantitative estimate of drug-likeness (QED) is 0.746. The summed E-state index contributed by atoms with van der Waals surface area (Å²) in [5.74, 6) is 0.710. The second-order valence-corrected chi connectivity index (χ2v) is 7.02. The van der Waals surface area contributed by atoms with Crippen LogP contribution in [-0.4, -0.2) is 28.4 Å². The minimum atomic E-state index is 0.703. The number of nitrogens with zero attached hydrogens (tertiary/aromatic N) is 2. The summed E-state index contributed by atoms with van der Waals surface area (Å²) in [5, 5.41) is 1.22. The van der Waals surface area contributed by atoms with E-state index in [9.17, 15) is 0 Å². The van der Waals surface area contributed by atoms with E-state index in [1.165, 1.54) is 41.8 Å². The summed E-state index contributed by atoms with van der Waals surface area (Å²) in [6.07, 6.45) is 6.77. The molecule has 0 amide bonds. The number of halogens is 1. The molecule has 0 bridgehead atoms. The Balaban J connectivity index is 1.74. The topological polar surface area (TPSA) is 16.1 Å². The molecule has 2 aromatic rings. The average molecular weight is 309 g/mol. The van der Waals surface area contributed by atoms with Crippen molar-refractivity contribution in [2.45, 2.75) is 44.7 Å². The van der Waals surface area contributed by atoms with Crippen LogP contribution in [0.15, 0.2) is 24.3 Å². The Morgan fingerprint density at radius 3 is 2.75 bits per heavy atom. The predicted octanol–water partition coefficient (Wildman–Crippen LogP) is 4.67. The summed E-state index contributed by atoms with van der Waals surface area (Å²) in [6.45, 7) is 1.93. The molecule has 1 fully saturated rings. The maximum Gasteiger partial charge on any atom is 0.108 e. The molecule has 1 aromatic carbocycles. The SMILES string of the molecule is ClCCN(Cc1nc2ccccc2s1)C1CCCCC1. The number of aromatic nitrogens is 1. The van der Waals surface area contributed by atoms with Crippen molar-refractivity contribution in [2.75, 3.05) is 12.4 Å². The Labute approximate surface area is 129 Å². The average Bonchev–Trinajstić information content (AvgIpc) is 2.90. The first-order valence-corrected chi connectivity index (χ1v) is 8.86. The number of benzene rings is 1. The molecule has 2 nitrogen and oxygen atoms in total. The van der Waals surface area contributed by atoms with E-state index < -0.39 is 0 Å². The van der Waals surface area contributed by atoms with Crippen molar-refractivity contribution < 1.29 is 0 Å². The van der Waals surface area contributed by atoms with Crippen LogP contribution in [0.2, 0.25) is 0 Å². The second-order valence-electron chi connectivity index (χ2n) is 5.53. The van der Waals surface area contributed by atoms with Gasteiger partial charge in [0.2, 0.25) is 0 Å². The lowest BCUT2D eigenvalue weighted by Crippen LogP contribution is -2.37. The molecule has 1 saturated carbocycles. The number of rotatable bonds is 5. The Hall–Kier alpha value is -0.640. The van der Waals surface area contributed by atoms with Gasteiger partial charge >= 0.3 is 0 Å². The number of para-hydroxylation sites is 1. The fourth-order valence-corrected chi connectivity index (χ4v) is 4.32. The lowest BCUT2D eigenvalue weighted by Gasteiger charge is -2.33. The van der Waals surface area contributed by atoms with Crippen LogP contribution in [0.5, 0.6) is 0 Å². The van der Waals surface area contributed by atoms with Crippen LogP contribution in [0.25, 0.3) is 10.2 Å². The third kappa shape index (κ3) is 3.33. The van der Waals surface area contributed by atoms with Crippen molar-refractivity contribution in [2.24, 2.45) is 0 Å². The molecule has 0 saturated heterocycles. The van der Waals surface area contributed by atoms with Crippen LogP contribution >= 0.6 is 22.9 Å². The number of thiazole rings is 1. The molecule has 4 heteroatoms. The van der Waals surface area contributed by atoms with Gasteiger partial charge in [0.25, 0.3) is 0 Å². The maximum atomic E-state index is 6.00. The van der Waals surface area contributed by atoms with Crippen LogP contribution in [0.3, 0.4) is 0 Å². The van der Waals surface area contributed by atoms with Gasteiger partial charge in [0, 0.05) is 18.5 Å². The largest absolute Gasteiger partial charge is 0.293 e. The monoisotopic (exact) mass is 308 g/mol. The third-order valence-electron chi connectivity index (χ3n) is 4.14. The molecule has 1 aromatic heterocycles. The van der Waals surface area contributed by atoms with E-state index in [0.717, 1.165) is 18.6 Å². The molecule has 0 N–H and O–H groups in total. The standard InChI is InChI=1S/C16H21ClN2S/c17-10-11-19(13-6-2-1-3-7-13)12-16-18-14-8-4-5-9-15(14)20-16/h4-5,8-9,13H,1-3,6-7,10-12H2. The number of fused-ring (bicyclic) bond motifs is 1. The number of alkyl halides is 1. The van der Waals surface area contributed by atoms with E-state index in [0.29, 0.717) is 11.9 Å². The lowest BCUT2D eigenvalue weighted by atomic mass is 9.94. The fourth-order valence-electron chi connectivity index (χ4n) is 3.11. The zero-order valence-electron chi connectivity index (χ0n) is 11.7. The van der Waals surface area contributed by atoms with E-state index in [1.54, 1.807) is 0 Å². The Morgan fingerprint density at radius 1 is 1.20 bits per heavy atom. The lowest BCUT2D eigenvalue weighted by molar-refractivity contribution is 0.157. The molecule has 0 unspecified atom stereocenters. The predicted molar refractivity (Wildman–Crippen MR) is 87.6 cm³/mol. The molecular weight excluding hydrogens is 288 g/mol. The third-order valence-corrected chi connectivity index (χ3v) is 5.33. The summed E-state index contributed by atoms with van der Waals surface area (Å²) >= 11 is 7.82. The van der Waals surface area contributed by atoms with Crippen molar-refractivity contribution in [1.29, 1.82) is 0 Å². The van der Waals surface area contributed by atoms with Crippen LogP contribution in [-0.2, 0) is 6.54 Å². The molecule has 3 rings (SSSR count). The number of hydrogen-bond acceptors (Lipinski definition) is 3. The van der Waals surface area contributed by atoms with Gasteiger partial charge < -0.3 is 0 Å². The zero-order valence-corrected chi connectivity index (χ0v) is 13.3. The summed E-state index contributed by atoms with van der Waals surface area (Å²) in [4.78, 5) is 7.31. The fraction of sp³-hybridized carbons (Fsp3) is 0.562. The van der Waals surface area contributed by atoms with E-state index in [1.807, 2.05) is 11.3 Å². The summed E-state index contributed by atoms with van der Waals surface area (Å²) in [5.41, 5.74) is 1.13. The van der Waals surface area contributed by atoms with Gasteiger partial charge in [-0.25, -0.2) is 4.98 Å². The number of hydrogen-bond donors (Lipinski definition) is 0. The highest BCUT2D eigenvalue weighted by Crippen LogP contribution is 2.27. The molecular formula is C16H21ClN2S. The van der Waals surface area contributed by atoms with Gasteiger partial charge in [-0.2, -0.15) is 0 Å². The highest BCUT2D eigenvalue weighted by Gasteiger charge is 2.21. The maximum absolute atomic E-state index is 6.00. The van der Waals surface area contributed by atoms with Crippen molar-refractivity contribution in [3.05, 3.63) is 29.3 Å². The van der Waals surface area contributed by atoms with Crippen LogP contribution in [0.4, 0.5) is 0 Å². The molecule has 20 heavy (non-hydrogen) atoms. The first-order valence-electron chi connectivity index (χ1n) is 7.51. The minimum absolute atomic E-state index is 0.703. The summed E-state index contributed by atoms with van der Waals surface area (Å²) in [7, 11) is 0. The summed E-state index contributed by atoms with van der Waals surface area (Å²) < 4.78 is 1.29. The molecule has 1 heterocycles. The Kier molecular flexibility index (Phi) is 4.92. The summed E-state index contributed by atoms with van der Waals surface area (Å²) in [6, 6.07) is 9.10. The van der Waals surface area contributed by atoms with Crippen molar-refractivity contribution >= 4 is 33.2 Å². The molecule has 1 aliphatic rings. The second kappa shape index (κ2) is 6.88. The molecule has 0 spiro atoms. The zero-order chi connectivity index (χ0) is 13.8. The molecule has 1 aliphatic carbocycles. The normalized spacial score (nSPS) is 17.1. The first kappa shape index (κ1) is 14.3. The van der Waals surface area contributed by atoms with Crippen molar-refractivity contribution in [1.82, 2.24) is 9.88 Å². The molecule has 108 valence electrons. The van der Waals surface area contributed by atoms with Gasteiger partial charge in [0.05, 0.1) is 16.8 Å². The van der Waals surface area contributed by atoms with Crippen molar-refractivity contribution in [3.8, 4) is 0 Å². The van der Waals surface area contributed by atoms with Gasteiger partial charge in [-0.05, 0) is 25.0 Å². The highest BCUT2D eigenvalue weighted by molar-refractivity contribution is 7.18. The van der Waals surface area contributed by atoms with Gasteiger partial charge in [-0.1, -0.05) is 31.4 Å². The molecule has 0 aliphatic heterocycles. The molecule has 0 radical (unpaired) electrons. The van der Waals surface area contributed by atoms with Crippen LogP contribution < -0.4 is 0 Å². The smallest absolute Gasteiger partial charge is 0.108 e. The van der Waals surface area contributed by atoms with E-state index in [4.69, 9.17) is 16.6 Å². The van der Waals surface area contributed by atoms with E-state index >= 15 is 0 Å². The van der Waals surface area contributed by atoms with Crippen LogP contribution in [0, 0.1) is 0 Å². The van der Waals surface area contributed by atoms with Crippen LogP contribution in [0.1, 0.15) is 37.1 Å². The van der Waals surface area contributed by atoms with Gasteiger partial charge in [-0.3, -0.25) is 4.90 Å². The Morgan fingerprint density at radius 2 is 2.00 bits per heavy atom. The van der Waals surface area contributed by atoms with Crippen molar-refractivity contribution in [3.63, 3.8) is 0 Å². The highest BCUT2D eigenvalue weighted by atomic mass is 35.5. The molecule has 0 atom stereocenters. The van der Waals surface area contributed by atoms with Gasteiger partial charge in [0.15, 0.2) is 0 Å². The van der Waals surface area contributed by atoms with E-state index in [-0.39, 0.29) is 0 Å². The van der Waals surface area contributed by atoms with E-state index in [2.05, 4.69) is 29.2 Å². The van der Waals surface area contributed by atoms with Gasteiger partial charge in [0.1, 0.15) is 5.01 Å². The first-order chi connectivity index (χ1) is 9.86.